The molecule has 0 bridgehead atoms. The van der Waals surface area contributed by atoms with Gasteiger partial charge in [-0.15, -0.1) is 5.10 Å². The fourth-order valence-electron chi connectivity index (χ4n) is 4.16. The van der Waals surface area contributed by atoms with Crippen LogP contribution in [0.2, 0.25) is 0 Å². The Morgan fingerprint density at radius 1 is 1.22 bits per heavy atom. The van der Waals surface area contributed by atoms with E-state index in [0.29, 0.717) is 12.4 Å². The topological polar surface area (TPSA) is 75.9 Å². The van der Waals surface area contributed by atoms with E-state index in [-0.39, 0.29) is 17.4 Å². The smallest absolute Gasteiger partial charge is 0.230 e. The molecule has 1 unspecified atom stereocenters. The van der Waals surface area contributed by atoms with Gasteiger partial charge >= 0.3 is 0 Å². The monoisotopic (exact) mass is 368 g/mol. The number of tetrazole rings is 1. The summed E-state index contributed by atoms with van der Waals surface area (Å²) < 4.78 is 1.78. The molecule has 1 aromatic heterocycles. The number of nitrogens with one attached hydrogen (secondary N) is 1. The Morgan fingerprint density at radius 3 is 2.89 bits per heavy atom. The molecule has 1 N–H and O–H groups in total. The molecule has 144 valence electrons. The van der Waals surface area contributed by atoms with Gasteiger partial charge in [0.15, 0.2) is 5.82 Å². The molecule has 0 saturated heterocycles. The van der Waals surface area contributed by atoms with Crippen LogP contribution in [0, 0.1) is 0 Å². The highest BCUT2D eigenvalue weighted by molar-refractivity contribution is 5.82. The zero-order chi connectivity index (χ0) is 18.9. The van der Waals surface area contributed by atoms with Crippen LogP contribution in [0.3, 0.4) is 0 Å². The van der Waals surface area contributed by atoms with Gasteiger partial charge in [-0.1, -0.05) is 30.7 Å². The highest BCUT2D eigenvalue weighted by Crippen LogP contribution is 2.26. The van der Waals surface area contributed by atoms with Crippen LogP contribution < -0.4 is 5.32 Å². The van der Waals surface area contributed by atoms with Gasteiger partial charge in [-0.25, -0.2) is 4.68 Å². The number of hydrogen-bond acceptors (Lipinski definition) is 5. The first-order chi connectivity index (χ1) is 13.0. The Morgan fingerprint density at radius 2 is 2.04 bits per heavy atom. The maximum absolute atomic E-state index is 12.9. The maximum Gasteiger partial charge on any atom is 0.230 e. The Bertz CT molecular complexity index is 814. The molecular weight excluding hydrogens is 340 g/mol. The number of aryl methyl sites for hydroxylation is 1. The van der Waals surface area contributed by atoms with Crippen molar-refractivity contribution in [3.63, 3.8) is 0 Å². The van der Waals surface area contributed by atoms with Crippen molar-refractivity contribution in [2.45, 2.75) is 64.1 Å². The number of fused-ring (bicyclic) bond motifs is 2. The third-order valence-electron chi connectivity index (χ3n) is 5.98. The molecule has 1 amide bonds. The lowest BCUT2D eigenvalue weighted by molar-refractivity contribution is -0.123. The minimum absolute atomic E-state index is 0.0402. The summed E-state index contributed by atoms with van der Waals surface area (Å²) in [6.45, 7) is 7.77. The second-order valence-corrected chi connectivity index (χ2v) is 8.28. The molecule has 3 heterocycles. The van der Waals surface area contributed by atoms with Crippen LogP contribution in [0.5, 0.6) is 0 Å². The van der Waals surface area contributed by atoms with Crippen molar-refractivity contribution in [3.8, 4) is 0 Å². The molecule has 2 aliphatic rings. The average Bonchev–Trinajstić information content (AvgIpc) is 3.05. The molecule has 2 aromatic rings. The standard InChI is InChI=1S/C20H28N6O/c1-20(2,25-12-10-15-7-3-4-8-16(15)13-25)14-21-19(27)17-9-5-6-11-26-18(17)22-23-24-26/h3-4,7-8,17H,5-6,9-14H2,1-2H3,(H,21,27). The summed E-state index contributed by atoms with van der Waals surface area (Å²) in [6.07, 6.45) is 3.89. The lowest BCUT2D eigenvalue weighted by Crippen LogP contribution is -2.53. The zero-order valence-electron chi connectivity index (χ0n) is 16.2. The highest BCUT2D eigenvalue weighted by Gasteiger charge is 2.33. The number of benzene rings is 1. The summed E-state index contributed by atoms with van der Waals surface area (Å²) >= 11 is 0. The number of nitrogens with zero attached hydrogens (tertiary/aromatic N) is 5. The summed E-state index contributed by atoms with van der Waals surface area (Å²) in [4.78, 5) is 15.4. The quantitative estimate of drug-likeness (QED) is 0.892. The first-order valence-electron chi connectivity index (χ1n) is 9.90. The second kappa shape index (κ2) is 7.38. The fraction of sp³-hybridized carbons (Fsp3) is 0.600. The second-order valence-electron chi connectivity index (χ2n) is 8.28. The van der Waals surface area contributed by atoms with Crippen molar-refractivity contribution in [2.75, 3.05) is 13.1 Å². The number of amides is 1. The van der Waals surface area contributed by atoms with Crippen molar-refractivity contribution < 1.29 is 4.79 Å². The van der Waals surface area contributed by atoms with E-state index in [1.165, 1.54) is 11.1 Å². The number of carbonyl (C=O) groups is 1. The molecule has 2 aliphatic heterocycles. The van der Waals surface area contributed by atoms with Crippen LogP contribution in [0.4, 0.5) is 0 Å². The summed E-state index contributed by atoms with van der Waals surface area (Å²) in [5.74, 6) is 0.494. The molecule has 4 rings (SSSR count). The zero-order valence-corrected chi connectivity index (χ0v) is 16.2. The van der Waals surface area contributed by atoms with Crippen molar-refractivity contribution in [1.82, 2.24) is 30.4 Å². The SMILES string of the molecule is CC(C)(CNC(=O)C1CCCCn2nnnc21)N1CCc2ccccc2C1. The van der Waals surface area contributed by atoms with Crippen molar-refractivity contribution in [3.05, 3.63) is 41.2 Å². The number of hydrogen-bond donors (Lipinski definition) is 1. The molecule has 1 atom stereocenters. The molecular formula is C20H28N6O. The van der Waals surface area contributed by atoms with Crippen LogP contribution in [0.1, 0.15) is 56.0 Å². The van der Waals surface area contributed by atoms with E-state index in [0.717, 1.165) is 45.3 Å². The van der Waals surface area contributed by atoms with Crippen LogP contribution in [-0.4, -0.2) is 49.6 Å². The van der Waals surface area contributed by atoms with E-state index in [2.05, 4.69) is 63.9 Å². The summed E-state index contributed by atoms with van der Waals surface area (Å²) in [6, 6.07) is 8.65. The van der Waals surface area contributed by atoms with Gasteiger partial charge in [-0.05, 0) is 54.7 Å². The Kier molecular flexibility index (Phi) is 4.95. The third kappa shape index (κ3) is 3.74. The minimum atomic E-state index is -0.250. The fourth-order valence-corrected chi connectivity index (χ4v) is 4.16. The highest BCUT2D eigenvalue weighted by atomic mass is 16.2. The first-order valence-corrected chi connectivity index (χ1v) is 9.90. The molecule has 27 heavy (non-hydrogen) atoms. The normalized spacial score (nSPS) is 20.4. The molecule has 0 spiro atoms. The molecule has 0 saturated carbocycles. The predicted octanol–water partition coefficient (Wildman–Crippen LogP) is 1.89. The summed E-state index contributed by atoms with van der Waals surface area (Å²) in [7, 11) is 0. The van der Waals surface area contributed by atoms with Crippen molar-refractivity contribution >= 4 is 5.91 Å². The Labute approximate surface area is 160 Å². The van der Waals surface area contributed by atoms with E-state index >= 15 is 0 Å². The van der Waals surface area contributed by atoms with E-state index in [9.17, 15) is 4.79 Å². The van der Waals surface area contributed by atoms with Crippen LogP contribution in [-0.2, 0) is 24.3 Å². The molecule has 0 fully saturated rings. The lowest BCUT2D eigenvalue weighted by Gasteiger charge is -2.41. The van der Waals surface area contributed by atoms with Gasteiger partial charge in [0, 0.05) is 31.7 Å². The Hall–Kier alpha value is -2.28. The van der Waals surface area contributed by atoms with Gasteiger partial charge in [0.1, 0.15) is 0 Å². The summed E-state index contributed by atoms with van der Waals surface area (Å²) in [5.41, 5.74) is 2.73. The predicted molar refractivity (Wildman–Crippen MR) is 102 cm³/mol. The van der Waals surface area contributed by atoms with Crippen LogP contribution >= 0.6 is 0 Å². The van der Waals surface area contributed by atoms with Gasteiger partial charge in [0.05, 0.1) is 5.92 Å². The maximum atomic E-state index is 12.9. The molecule has 1 aromatic carbocycles. The van der Waals surface area contributed by atoms with Gasteiger partial charge in [0.2, 0.25) is 5.91 Å². The van der Waals surface area contributed by atoms with Gasteiger partial charge in [-0.2, -0.15) is 0 Å². The number of carbonyl (C=O) groups excluding carboxylic acids is 1. The van der Waals surface area contributed by atoms with Crippen LogP contribution in [0.15, 0.2) is 24.3 Å². The van der Waals surface area contributed by atoms with E-state index < -0.39 is 0 Å². The summed E-state index contributed by atoms with van der Waals surface area (Å²) in [5, 5.41) is 15.1. The van der Waals surface area contributed by atoms with Gasteiger partial charge < -0.3 is 5.32 Å². The molecule has 7 heteroatoms. The Balaban J connectivity index is 1.40. The van der Waals surface area contributed by atoms with Crippen molar-refractivity contribution in [1.29, 1.82) is 0 Å². The van der Waals surface area contributed by atoms with E-state index in [1.54, 1.807) is 4.68 Å². The molecule has 7 nitrogen and oxygen atoms in total. The van der Waals surface area contributed by atoms with Gasteiger partial charge in [-0.3, -0.25) is 9.69 Å². The van der Waals surface area contributed by atoms with Crippen LogP contribution in [0.25, 0.3) is 0 Å². The van der Waals surface area contributed by atoms with Crippen molar-refractivity contribution in [2.24, 2.45) is 0 Å². The first kappa shape index (κ1) is 18.1. The largest absolute Gasteiger partial charge is 0.354 e. The minimum Gasteiger partial charge on any atom is -0.354 e. The van der Waals surface area contributed by atoms with E-state index in [1.807, 2.05) is 0 Å². The van der Waals surface area contributed by atoms with Gasteiger partial charge in [0.25, 0.3) is 0 Å². The molecule has 0 aliphatic carbocycles. The van der Waals surface area contributed by atoms with E-state index in [4.69, 9.17) is 0 Å². The number of rotatable bonds is 4. The molecule has 0 radical (unpaired) electrons. The number of aromatic nitrogens is 4. The third-order valence-corrected chi connectivity index (χ3v) is 5.98. The lowest BCUT2D eigenvalue weighted by atomic mass is 9.93. The average molecular weight is 368 g/mol.